The molecule has 0 bridgehead atoms. The van der Waals surface area contributed by atoms with Crippen molar-refractivity contribution in [3.63, 3.8) is 0 Å². The van der Waals surface area contributed by atoms with Crippen LogP contribution < -0.4 is 10.9 Å². The zero-order valence-corrected chi connectivity index (χ0v) is 17.7. The van der Waals surface area contributed by atoms with E-state index in [0.29, 0.717) is 44.9 Å². The van der Waals surface area contributed by atoms with Crippen LogP contribution in [0.1, 0.15) is 5.82 Å². The Bertz CT molecular complexity index is 1320. The summed E-state index contributed by atoms with van der Waals surface area (Å²) in [4.78, 5) is 30.6. The molecule has 7 nitrogen and oxygen atoms in total. The average molecular weight is 457 g/mol. The minimum Gasteiger partial charge on any atom is -0.332 e. The molecule has 0 spiro atoms. The summed E-state index contributed by atoms with van der Waals surface area (Å²) in [5, 5.41) is 4.41. The van der Waals surface area contributed by atoms with Crippen molar-refractivity contribution >= 4 is 64.3 Å². The molecule has 0 fully saturated rings. The van der Waals surface area contributed by atoms with E-state index in [1.165, 1.54) is 16.3 Å². The lowest BCUT2D eigenvalue weighted by Gasteiger charge is -2.24. The molecule has 10 heteroatoms. The summed E-state index contributed by atoms with van der Waals surface area (Å²) in [5.74, 6) is 1.65. The second-order valence-corrected chi connectivity index (χ2v) is 8.67. The first-order chi connectivity index (χ1) is 14.6. The van der Waals surface area contributed by atoms with E-state index < -0.39 is 4.87 Å². The van der Waals surface area contributed by atoms with E-state index >= 15 is 0 Å². The van der Waals surface area contributed by atoms with Gasteiger partial charge in [-0.25, -0.2) is 15.0 Å². The standard InChI is InChI=1S/C20H14Cl2N6OS/c21-12-5-6-15-13(7-12)18(29)28(16-4-2-1-3-14(16)22)17(27-15)8-30-20-9-23-10-24-19(20)25-11-26-20/h1-7,9,11H,8,10H2,(H,24,25,26). The fourth-order valence-corrected chi connectivity index (χ4v) is 4.85. The average Bonchev–Trinajstić information content (AvgIpc) is 3.18. The number of nitrogens with zero attached hydrogens (tertiary/aromatic N) is 5. The van der Waals surface area contributed by atoms with Gasteiger partial charge in [-0.2, -0.15) is 0 Å². The molecule has 0 aliphatic carbocycles. The van der Waals surface area contributed by atoms with Gasteiger partial charge in [0, 0.05) is 11.2 Å². The Hall–Kier alpha value is -2.68. The third-order valence-electron chi connectivity index (χ3n) is 4.79. The third kappa shape index (κ3) is 3.21. The fraction of sp³-hybridized carbons (Fsp3) is 0.150. The number of benzene rings is 2. The van der Waals surface area contributed by atoms with E-state index in [1.807, 2.05) is 12.1 Å². The van der Waals surface area contributed by atoms with Crippen molar-refractivity contribution in [2.24, 2.45) is 15.0 Å². The highest BCUT2D eigenvalue weighted by atomic mass is 35.5. The fourth-order valence-electron chi connectivity index (χ4n) is 3.38. The lowest BCUT2D eigenvalue weighted by molar-refractivity contribution is 0.880. The van der Waals surface area contributed by atoms with Gasteiger partial charge in [0.05, 0.1) is 33.7 Å². The molecule has 3 aromatic rings. The van der Waals surface area contributed by atoms with E-state index in [9.17, 15) is 4.79 Å². The predicted molar refractivity (Wildman–Crippen MR) is 124 cm³/mol. The lowest BCUT2D eigenvalue weighted by Crippen LogP contribution is -2.40. The van der Waals surface area contributed by atoms with Crippen LogP contribution in [0.15, 0.2) is 62.2 Å². The monoisotopic (exact) mass is 456 g/mol. The molecule has 1 unspecified atom stereocenters. The van der Waals surface area contributed by atoms with Crippen molar-refractivity contribution in [3.05, 3.63) is 68.7 Å². The molecular formula is C20H14Cl2N6OS. The molecule has 1 N–H and O–H groups in total. The molecule has 0 saturated carbocycles. The van der Waals surface area contributed by atoms with Crippen molar-refractivity contribution in [2.45, 2.75) is 10.6 Å². The number of fused-ring (bicyclic) bond motifs is 2. The number of aromatic nitrogens is 2. The molecule has 150 valence electrons. The molecule has 2 aromatic carbocycles. The van der Waals surface area contributed by atoms with Gasteiger partial charge in [0.2, 0.25) is 0 Å². The van der Waals surface area contributed by atoms with Crippen molar-refractivity contribution in [2.75, 3.05) is 6.67 Å². The van der Waals surface area contributed by atoms with Gasteiger partial charge >= 0.3 is 0 Å². The largest absolute Gasteiger partial charge is 0.332 e. The number of halogens is 2. The molecule has 2 aliphatic rings. The van der Waals surface area contributed by atoms with E-state index in [-0.39, 0.29) is 5.56 Å². The number of nitrogens with one attached hydrogen (secondary N) is 1. The summed E-state index contributed by atoms with van der Waals surface area (Å²) in [6.45, 7) is 0.368. The Morgan fingerprint density at radius 3 is 2.93 bits per heavy atom. The number of hydrogen-bond acceptors (Lipinski definition) is 7. The van der Waals surface area contributed by atoms with Gasteiger partial charge in [0.25, 0.3) is 5.56 Å². The summed E-state index contributed by atoms with van der Waals surface area (Å²) < 4.78 is 1.54. The van der Waals surface area contributed by atoms with Gasteiger partial charge in [-0.1, -0.05) is 35.3 Å². The molecule has 2 aliphatic heterocycles. The second kappa shape index (κ2) is 7.54. The minimum absolute atomic E-state index is 0.233. The Balaban J connectivity index is 1.66. The normalized spacial score (nSPS) is 19.6. The van der Waals surface area contributed by atoms with Gasteiger partial charge < -0.3 is 5.32 Å². The van der Waals surface area contributed by atoms with Gasteiger partial charge in [-0.3, -0.25) is 14.4 Å². The van der Waals surface area contributed by atoms with E-state index in [1.54, 1.807) is 42.9 Å². The Morgan fingerprint density at radius 1 is 1.20 bits per heavy atom. The highest BCUT2D eigenvalue weighted by molar-refractivity contribution is 8.01. The van der Waals surface area contributed by atoms with Crippen LogP contribution in [0.25, 0.3) is 16.6 Å². The number of amidine groups is 1. The third-order valence-corrected chi connectivity index (χ3v) is 6.59. The Labute approximate surface area is 185 Å². The van der Waals surface area contributed by atoms with Gasteiger partial charge in [0.15, 0.2) is 4.87 Å². The van der Waals surface area contributed by atoms with E-state index in [0.717, 1.165) is 5.84 Å². The molecular weight excluding hydrogens is 443 g/mol. The number of para-hydroxylation sites is 1. The molecule has 0 saturated heterocycles. The van der Waals surface area contributed by atoms with Crippen LogP contribution in [-0.4, -0.2) is 39.5 Å². The van der Waals surface area contributed by atoms with Gasteiger partial charge in [-0.05, 0) is 30.3 Å². The smallest absolute Gasteiger partial charge is 0.266 e. The molecule has 30 heavy (non-hydrogen) atoms. The van der Waals surface area contributed by atoms with Crippen LogP contribution in [0.4, 0.5) is 0 Å². The van der Waals surface area contributed by atoms with Crippen LogP contribution in [-0.2, 0) is 5.75 Å². The maximum atomic E-state index is 13.4. The van der Waals surface area contributed by atoms with Crippen LogP contribution in [0.3, 0.4) is 0 Å². The molecule has 1 aromatic heterocycles. The SMILES string of the molecule is O=c1c2cc(Cl)ccc2nc(CSC23C=NCN=C2NC=N3)n1-c1ccccc1Cl. The van der Waals surface area contributed by atoms with Gasteiger partial charge in [0.1, 0.15) is 18.3 Å². The van der Waals surface area contributed by atoms with Crippen LogP contribution in [0.2, 0.25) is 10.0 Å². The van der Waals surface area contributed by atoms with Crippen molar-refractivity contribution in [1.29, 1.82) is 0 Å². The zero-order valence-electron chi connectivity index (χ0n) is 15.4. The van der Waals surface area contributed by atoms with Crippen LogP contribution in [0.5, 0.6) is 0 Å². The summed E-state index contributed by atoms with van der Waals surface area (Å²) in [7, 11) is 0. The zero-order chi connectivity index (χ0) is 20.7. The first kappa shape index (κ1) is 19.3. The van der Waals surface area contributed by atoms with Crippen molar-refractivity contribution < 1.29 is 0 Å². The van der Waals surface area contributed by atoms with Crippen LogP contribution in [0, 0.1) is 0 Å². The molecule has 0 radical (unpaired) electrons. The molecule has 1 atom stereocenters. The summed E-state index contributed by atoms with van der Waals surface area (Å²) >= 11 is 14.0. The highest BCUT2D eigenvalue weighted by Gasteiger charge is 2.39. The number of aliphatic imine (C=N–C) groups is 3. The van der Waals surface area contributed by atoms with Gasteiger partial charge in [-0.15, -0.1) is 11.8 Å². The van der Waals surface area contributed by atoms with Crippen molar-refractivity contribution in [1.82, 2.24) is 14.9 Å². The molecule has 5 rings (SSSR count). The summed E-state index contributed by atoms with van der Waals surface area (Å²) in [6, 6.07) is 12.3. The maximum absolute atomic E-state index is 13.4. The van der Waals surface area contributed by atoms with E-state index in [2.05, 4.69) is 20.3 Å². The topological polar surface area (TPSA) is 84.0 Å². The molecule has 3 heterocycles. The first-order valence-electron chi connectivity index (χ1n) is 9.04. The molecule has 0 amide bonds. The Kier molecular flexibility index (Phi) is 4.85. The van der Waals surface area contributed by atoms with Crippen molar-refractivity contribution in [3.8, 4) is 5.69 Å². The predicted octanol–water partition coefficient (Wildman–Crippen LogP) is 3.69. The maximum Gasteiger partial charge on any atom is 0.266 e. The van der Waals surface area contributed by atoms with E-state index in [4.69, 9.17) is 28.2 Å². The Morgan fingerprint density at radius 2 is 2.07 bits per heavy atom. The lowest BCUT2D eigenvalue weighted by atomic mass is 10.2. The number of thioether (sulfide) groups is 1. The quantitative estimate of drug-likeness (QED) is 0.648. The summed E-state index contributed by atoms with van der Waals surface area (Å²) in [6.07, 6.45) is 3.38. The second-order valence-electron chi connectivity index (χ2n) is 6.63. The first-order valence-corrected chi connectivity index (χ1v) is 10.8. The minimum atomic E-state index is -0.740. The van der Waals surface area contributed by atoms with Crippen LogP contribution >= 0.6 is 35.0 Å². The number of rotatable bonds is 4. The summed E-state index contributed by atoms with van der Waals surface area (Å²) in [5.41, 5.74) is 0.897. The number of hydrogen-bond donors (Lipinski definition) is 1. The highest BCUT2D eigenvalue weighted by Crippen LogP contribution is 2.33.